The maximum Gasteiger partial charge on any atom is 0.280 e. The van der Waals surface area contributed by atoms with Crippen molar-refractivity contribution in [1.82, 2.24) is 15.0 Å². The maximum absolute atomic E-state index is 12.7. The van der Waals surface area contributed by atoms with E-state index in [0.717, 1.165) is 16.3 Å². The van der Waals surface area contributed by atoms with Crippen LogP contribution in [0, 0.1) is 0 Å². The summed E-state index contributed by atoms with van der Waals surface area (Å²) in [7, 11) is 0. The van der Waals surface area contributed by atoms with E-state index in [9.17, 15) is 4.79 Å². The van der Waals surface area contributed by atoms with E-state index in [-0.39, 0.29) is 11.5 Å². The Morgan fingerprint density at radius 1 is 1.04 bits per heavy atom. The Labute approximate surface area is 160 Å². The van der Waals surface area contributed by atoms with Crippen LogP contribution in [0.5, 0.6) is 0 Å². The fourth-order valence-electron chi connectivity index (χ4n) is 2.88. The number of carbonyl (C=O) groups is 1. The minimum atomic E-state index is -0.397. The van der Waals surface area contributed by atoms with Crippen LogP contribution in [0.25, 0.3) is 10.8 Å². The molecule has 4 aromatic rings. The molecule has 0 unspecified atom stereocenters. The van der Waals surface area contributed by atoms with Gasteiger partial charge in [0.15, 0.2) is 11.5 Å². The number of nitrogens with two attached hydrogens (primary N) is 1. The first-order valence-electron chi connectivity index (χ1n) is 8.34. The van der Waals surface area contributed by atoms with Gasteiger partial charge in [0, 0.05) is 16.1 Å². The topological polar surface area (TPSA) is 85.8 Å². The van der Waals surface area contributed by atoms with Crippen LogP contribution in [0.15, 0.2) is 66.7 Å². The molecule has 134 valence electrons. The zero-order valence-electron chi connectivity index (χ0n) is 14.3. The molecule has 0 atom stereocenters. The highest BCUT2D eigenvalue weighted by Crippen LogP contribution is 2.24. The molecule has 7 heteroatoms. The van der Waals surface area contributed by atoms with Crippen molar-refractivity contribution in [2.75, 3.05) is 11.1 Å². The summed E-state index contributed by atoms with van der Waals surface area (Å²) in [6.45, 7) is 0.400. The molecule has 0 aliphatic rings. The number of benzene rings is 3. The lowest BCUT2D eigenvalue weighted by molar-refractivity contribution is 0.102. The number of nitrogens with one attached hydrogen (secondary N) is 1. The Kier molecular flexibility index (Phi) is 4.48. The van der Waals surface area contributed by atoms with Gasteiger partial charge in [-0.15, -0.1) is 5.10 Å². The van der Waals surface area contributed by atoms with Crippen molar-refractivity contribution in [3.8, 4) is 0 Å². The van der Waals surface area contributed by atoms with Crippen molar-refractivity contribution in [3.63, 3.8) is 0 Å². The van der Waals surface area contributed by atoms with Gasteiger partial charge >= 0.3 is 0 Å². The molecular formula is C20H16ClN5O. The zero-order valence-corrected chi connectivity index (χ0v) is 15.0. The lowest BCUT2D eigenvalue weighted by atomic mass is 10.1. The predicted molar refractivity (Wildman–Crippen MR) is 107 cm³/mol. The van der Waals surface area contributed by atoms with Crippen LogP contribution in [-0.4, -0.2) is 20.9 Å². The average molecular weight is 378 g/mol. The highest BCUT2D eigenvalue weighted by atomic mass is 35.5. The minimum absolute atomic E-state index is 0.0943. The van der Waals surface area contributed by atoms with Gasteiger partial charge < -0.3 is 11.1 Å². The first-order chi connectivity index (χ1) is 13.1. The third-order valence-electron chi connectivity index (χ3n) is 4.27. The van der Waals surface area contributed by atoms with Crippen molar-refractivity contribution in [1.29, 1.82) is 0 Å². The molecular weight excluding hydrogens is 362 g/mol. The molecule has 0 bridgehead atoms. The standard InChI is InChI=1S/C20H16ClN5O/c21-15-10-8-13(9-11-15)12-26-19(22)18(24-25-26)20(27)23-17-7-3-5-14-4-1-2-6-16(14)17/h1-11H,12,22H2,(H,23,27). The van der Waals surface area contributed by atoms with E-state index in [4.69, 9.17) is 17.3 Å². The number of fused-ring (bicyclic) bond motifs is 1. The molecule has 0 radical (unpaired) electrons. The van der Waals surface area contributed by atoms with Crippen LogP contribution >= 0.6 is 11.6 Å². The van der Waals surface area contributed by atoms with Gasteiger partial charge in [-0.25, -0.2) is 4.68 Å². The van der Waals surface area contributed by atoms with Gasteiger partial charge in [-0.1, -0.05) is 65.3 Å². The highest BCUT2D eigenvalue weighted by Gasteiger charge is 2.18. The summed E-state index contributed by atoms with van der Waals surface area (Å²) in [5.41, 5.74) is 7.85. The Balaban J connectivity index is 1.57. The van der Waals surface area contributed by atoms with Crippen molar-refractivity contribution >= 4 is 39.8 Å². The molecule has 0 aliphatic carbocycles. The summed E-state index contributed by atoms with van der Waals surface area (Å²) in [6, 6.07) is 20.9. The fraction of sp³-hybridized carbons (Fsp3) is 0.0500. The molecule has 0 fully saturated rings. The second-order valence-corrected chi connectivity index (χ2v) is 6.52. The molecule has 0 spiro atoms. The Hall–Kier alpha value is -3.38. The smallest absolute Gasteiger partial charge is 0.280 e. The highest BCUT2D eigenvalue weighted by molar-refractivity contribution is 6.30. The number of anilines is 2. The summed E-state index contributed by atoms with van der Waals surface area (Å²) in [4.78, 5) is 12.7. The molecule has 0 aliphatic heterocycles. The normalized spacial score (nSPS) is 10.9. The largest absolute Gasteiger partial charge is 0.382 e. The van der Waals surface area contributed by atoms with Crippen molar-refractivity contribution in [3.05, 3.63) is 83.0 Å². The van der Waals surface area contributed by atoms with Gasteiger partial charge in [0.05, 0.1) is 6.54 Å². The minimum Gasteiger partial charge on any atom is -0.382 e. The molecule has 0 saturated carbocycles. The van der Waals surface area contributed by atoms with Gasteiger partial charge in [-0.05, 0) is 29.1 Å². The number of hydrogen-bond acceptors (Lipinski definition) is 4. The van der Waals surface area contributed by atoms with Crippen molar-refractivity contribution in [2.24, 2.45) is 0 Å². The maximum atomic E-state index is 12.7. The molecule has 4 rings (SSSR count). The van der Waals surface area contributed by atoms with Crippen LogP contribution in [0.2, 0.25) is 5.02 Å². The van der Waals surface area contributed by atoms with Gasteiger partial charge in [0.2, 0.25) is 0 Å². The van der Waals surface area contributed by atoms with Crippen molar-refractivity contribution in [2.45, 2.75) is 6.54 Å². The number of aromatic nitrogens is 3. The number of amides is 1. The molecule has 1 aromatic heterocycles. The van der Waals surface area contributed by atoms with Gasteiger partial charge in [0.1, 0.15) is 0 Å². The lowest BCUT2D eigenvalue weighted by Gasteiger charge is -2.08. The number of nitrogen functional groups attached to an aromatic ring is 1. The molecule has 27 heavy (non-hydrogen) atoms. The fourth-order valence-corrected chi connectivity index (χ4v) is 3.00. The van der Waals surface area contributed by atoms with Crippen LogP contribution in [0.4, 0.5) is 11.5 Å². The second-order valence-electron chi connectivity index (χ2n) is 6.09. The molecule has 3 N–H and O–H groups in total. The van der Waals surface area contributed by atoms with Crippen molar-refractivity contribution < 1.29 is 4.79 Å². The second kappa shape index (κ2) is 7.09. The average Bonchev–Trinajstić information content (AvgIpc) is 3.04. The van der Waals surface area contributed by atoms with Crippen LogP contribution < -0.4 is 11.1 Å². The van der Waals surface area contributed by atoms with Gasteiger partial charge in [-0.2, -0.15) is 0 Å². The third kappa shape index (κ3) is 3.47. The van der Waals surface area contributed by atoms with Crippen LogP contribution in [0.3, 0.4) is 0 Å². The summed E-state index contributed by atoms with van der Waals surface area (Å²) in [5.74, 6) is -0.186. The number of hydrogen-bond donors (Lipinski definition) is 2. The quantitative estimate of drug-likeness (QED) is 0.563. The van der Waals surface area contributed by atoms with E-state index in [1.807, 2.05) is 54.6 Å². The molecule has 3 aromatic carbocycles. The SMILES string of the molecule is Nc1c(C(=O)Nc2cccc3ccccc23)nnn1Cc1ccc(Cl)cc1. The molecule has 1 amide bonds. The summed E-state index contributed by atoms with van der Waals surface area (Å²) >= 11 is 5.90. The molecule has 0 saturated heterocycles. The molecule has 1 heterocycles. The number of halogens is 1. The summed E-state index contributed by atoms with van der Waals surface area (Å²) in [6.07, 6.45) is 0. The number of carbonyl (C=O) groups excluding carboxylic acids is 1. The van der Waals surface area contributed by atoms with Crippen LogP contribution in [-0.2, 0) is 6.54 Å². The zero-order chi connectivity index (χ0) is 18.8. The van der Waals surface area contributed by atoms with Crippen LogP contribution in [0.1, 0.15) is 16.1 Å². The Morgan fingerprint density at radius 2 is 1.78 bits per heavy atom. The Morgan fingerprint density at radius 3 is 2.59 bits per heavy atom. The Bertz CT molecular complexity index is 1120. The summed E-state index contributed by atoms with van der Waals surface area (Å²) in [5, 5.41) is 13.5. The van der Waals surface area contributed by atoms with E-state index in [1.165, 1.54) is 4.68 Å². The van der Waals surface area contributed by atoms with Gasteiger partial charge in [0.25, 0.3) is 5.91 Å². The van der Waals surface area contributed by atoms with E-state index < -0.39 is 5.91 Å². The predicted octanol–water partition coefficient (Wildman–Crippen LogP) is 3.97. The third-order valence-corrected chi connectivity index (χ3v) is 4.52. The van der Waals surface area contributed by atoms with E-state index in [0.29, 0.717) is 17.3 Å². The van der Waals surface area contributed by atoms with E-state index >= 15 is 0 Å². The number of rotatable bonds is 4. The van der Waals surface area contributed by atoms with E-state index in [1.54, 1.807) is 12.1 Å². The first-order valence-corrected chi connectivity index (χ1v) is 8.72. The summed E-state index contributed by atoms with van der Waals surface area (Å²) < 4.78 is 1.49. The van der Waals surface area contributed by atoms with Gasteiger partial charge in [-0.3, -0.25) is 4.79 Å². The number of nitrogens with zero attached hydrogens (tertiary/aromatic N) is 3. The monoisotopic (exact) mass is 377 g/mol. The van der Waals surface area contributed by atoms with E-state index in [2.05, 4.69) is 15.6 Å². The lowest BCUT2D eigenvalue weighted by Crippen LogP contribution is -2.15. The first kappa shape index (κ1) is 17.1. The molecule has 6 nitrogen and oxygen atoms in total.